The Labute approximate surface area is 179 Å². The third-order valence-corrected chi connectivity index (χ3v) is 7.82. The Kier molecular flexibility index (Phi) is 6.83. The van der Waals surface area contributed by atoms with Crippen molar-refractivity contribution in [2.45, 2.75) is 103 Å². The summed E-state index contributed by atoms with van der Waals surface area (Å²) in [5.74, 6) is 1.59. The summed E-state index contributed by atoms with van der Waals surface area (Å²) in [5.41, 5.74) is 6.90. The Morgan fingerprint density at radius 2 is 1.79 bits per heavy atom. The maximum atomic E-state index is 4.16. The van der Waals surface area contributed by atoms with Crippen LogP contribution in [0.1, 0.15) is 97.3 Å². The molecule has 0 heterocycles. The fraction of sp³-hybridized carbons (Fsp3) is 0.643. The Balaban J connectivity index is 1.78. The molecule has 0 unspecified atom stereocenters. The van der Waals surface area contributed by atoms with E-state index in [4.69, 9.17) is 0 Å². The summed E-state index contributed by atoms with van der Waals surface area (Å²) in [5, 5.41) is 4.16. The summed E-state index contributed by atoms with van der Waals surface area (Å²) in [6, 6.07) is 11.1. The lowest BCUT2D eigenvalue weighted by atomic mass is 9.72. The van der Waals surface area contributed by atoms with Crippen LogP contribution < -0.4 is 5.32 Å². The molecule has 2 saturated carbocycles. The number of allylic oxidation sites excluding steroid dienone is 3. The van der Waals surface area contributed by atoms with E-state index in [1.165, 1.54) is 89.2 Å². The van der Waals surface area contributed by atoms with Crippen molar-refractivity contribution in [3.05, 3.63) is 53.1 Å². The SMILES string of the molecule is CCC/C=C(\CCC)C1=C(C2CCCCC2)[C@]2(Nc3ccccc3)CCC[C@@H]2C1. The third-order valence-electron chi connectivity index (χ3n) is 7.82. The molecule has 1 N–H and O–H groups in total. The van der Waals surface area contributed by atoms with Crippen LogP contribution in [0.4, 0.5) is 5.69 Å². The van der Waals surface area contributed by atoms with Gasteiger partial charge in [0.1, 0.15) is 0 Å². The van der Waals surface area contributed by atoms with Gasteiger partial charge in [0.15, 0.2) is 0 Å². The highest BCUT2D eigenvalue weighted by Gasteiger charge is 2.53. The first-order valence-corrected chi connectivity index (χ1v) is 12.5. The van der Waals surface area contributed by atoms with E-state index in [1.54, 1.807) is 11.1 Å². The van der Waals surface area contributed by atoms with Crippen LogP contribution in [0.25, 0.3) is 0 Å². The van der Waals surface area contributed by atoms with Gasteiger partial charge >= 0.3 is 0 Å². The number of anilines is 1. The Hall–Kier alpha value is -1.50. The smallest absolute Gasteiger partial charge is 0.0625 e. The summed E-state index contributed by atoms with van der Waals surface area (Å²) in [6.07, 6.45) is 20.2. The highest BCUT2D eigenvalue weighted by Crippen LogP contribution is 2.58. The molecule has 0 radical (unpaired) electrons. The minimum atomic E-state index is 0.220. The lowest BCUT2D eigenvalue weighted by Gasteiger charge is -2.40. The molecule has 29 heavy (non-hydrogen) atoms. The van der Waals surface area contributed by atoms with E-state index in [1.807, 2.05) is 5.57 Å². The van der Waals surface area contributed by atoms with E-state index in [9.17, 15) is 0 Å². The molecular formula is C28H41N. The number of hydrogen-bond acceptors (Lipinski definition) is 1. The number of benzene rings is 1. The summed E-state index contributed by atoms with van der Waals surface area (Å²) in [7, 11) is 0. The molecule has 158 valence electrons. The normalized spacial score (nSPS) is 28.1. The van der Waals surface area contributed by atoms with Gasteiger partial charge in [0.25, 0.3) is 0 Å². The van der Waals surface area contributed by atoms with Gasteiger partial charge in [0.05, 0.1) is 5.54 Å². The van der Waals surface area contributed by atoms with Crippen LogP contribution in [0.3, 0.4) is 0 Å². The second-order valence-corrected chi connectivity index (χ2v) is 9.75. The van der Waals surface area contributed by atoms with E-state index in [2.05, 4.69) is 55.6 Å². The van der Waals surface area contributed by atoms with Crippen molar-refractivity contribution in [1.82, 2.24) is 0 Å². The van der Waals surface area contributed by atoms with Crippen LogP contribution in [0.2, 0.25) is 0 Å². The van der Waals surface area contributed by atoms with Gasteiger partial charge < -0.3 is 5.32 Å². The van der Waals surface area contributed by atoms with Crippen LogP contribution in [-0.4, -0.2) is 5.54 Å². The molecular weight excluding hydrogens is 350 g/mol. The summed E-state index contributed by atoms with van der Waals surface area (Å²) < 4.78 is 0. The number of rotatable bonds is 8. The van der Waals surface area contributed by atoms with E-state index < -0.39 is 0 Å². The first-order valence-electron chi connectivity index (χ1n) is 12.5. The second kappa shape index (κ2) is 9.54. The molecule has 3 aliphatic carbocycles. The molecule has 1 aromatic carbocycles. The Morgan fingerprint density at radius 3 is 2.52 bits per heavy atom. The monoisotopic (exact) mass is 391 g/mol. The molecule has 0 amide bonds. The number of para-hydroxylation sites is 1. The van der Waals surface area contributed by atoms with Crippen molar-refractivity contribution in [3.63, 3.8) is 0 Å². The summed E-state index contributed by atoms with van der Waals surface area (Å²) >= 11 is 0. The lowest BCUT2D eigenvalue weighted by molar-refractivity contribution is 0.341. The van der Waals surface area contributed by atoms with E-state index in [0.717, 1.165) is 11.8 Å². The van der Waals surface area contributed by atoms with Gasteiger partial charge in [0.2, 0.25) is 0 Å². The van der Waals surface area contributed by atoms with Crippen molar-refractivity contribution >= 4 is 5.69 Å². The summed E-state index contributed by atoms with van der Waals surface area (Å²) in [6.45, 7) is 4.67. The maximum Gasteiger partial charge on any atom is 0.0625 e. The van der Waals surface area contributed by atoms with E-state index >= 15 is 0 Å². The number of unbranched alkanes of at least 4 members (excludes halogenated alkanes) is 1. The predicted molar refractivity (Wildman–Crippen MR) is 126 cm³/mol. The van der Waals surface area contributed by atoms with Crippen molar-refractivity contribution in [3.8, 4) is 0 Å². The predicted octanol–water partition coefficient (Wildman–Crippen LogP) is 8.44. The first-order chi connectivity index (χ1) is 14.3. The number of nitrogens with one attached hydrogen (secondary N) is 1. The molecule has 0 aromatic heterocycles. The lowest BCUT2D eigenvalue weighted by Crippen LogP contribution is -2.43. The highest BCUT2D eigenvalue weighted by molar-refractivity contribution is 5.56. The van der Waals surface area contributed by atoms with Gasteiger partial charge in [-0.25, -0.2) is 0 Å². The van der Waals surface area contributed by atoms with E-state index in [-0.39, 0.29) is 5.54 Å². The van der Waals surface area contributed by atoms with Gasteiger partial charge in [-0.2, -0.15) is 0 Å². The van der Waals surface area contributed by atoms with Gasteiger partial charge in [-0.1, -0.05) is 76.6 Å². The van der Waals surface area contributed by atoms with Crippen molar-refractivity contribution in [1.29, 1.82) is 0 Å². The zero-order valence-electron chi connectivity index (χ0n) is 18.8. The zero-order valence-corrected chi connectivity index (χ0v) is 18.8. The van der Waals surface area contributed by atoms with Gasteiger partial charge in [-0.3, -0.25) is 0 Å². The average molecular weight is 392 g/mol. The topological polar surface area (TPSA) is 12.0 Å². The average Bonchev–Trinajstić information content (AvgIpc) is 3.28. The molecule has 2 fully saturated rings. The maximum absolute atomic E-state index is 4.16. The molecule has 1 aromatic rings. The molecule has 2 atom stereocenters. The van der Waals surface area contributed by atoms with Crippen LogP contribution in [0, 0.1) is 11.8 Å². The van der Waals surface area contributed by atoms with Gasteiger partial charge in [-0.05, 0) is 85.6 Å². The van der Waals surface area contributed by atoms with Crippen LogP contribution >= 0.6 is 0 Å². The molecule has 1 nitrogen and oxygen atoms in total. The molecule has 0 aliphatic heterocycles. The number of fused-ring (bicyclic) bond motifs is 1. The fourth-order valence-electron chi connectivity index (χ4n) is 6.62. The standard InChI is InChI=1S/C28H41N/c1-3-5-14-22(13-4-2)26-21-24-17-12-20-28(24,29-25-18-10-7-11-19-25)27(26)23-15-8-6-9-16-23/h7,10-11,14,18-19,23-24,29H,3-6,8-9,12-13,15-17,20-21H2,1-2H3/b22-14+/t24-,28+/m1/s1. The second-order valence-electron chi connectivity index (χ2n) is 9.75. The molecule has 0 bridgehead atoms. The fourth-order valence-corrected chi connectivity index (χ4v) is 6.62. The van der Waals surface area contributed by atoms with Crippen LogP contribution in [0.15, 0.2) is 53.1 Å². The van der Waals surface area contributed by atoms with E-state index in [0.29, 0.717) is 0 Å². The molecule has 3 aliphatic rings. The minimum absolute atomic E-state index is 0.220. The molecule has 4 rings (SSSR count). The first kappa shape index (κ1) is 20.8. The van der Waals surface area contributed by atoms with Crippen LogP contribution in [-0.2, 0) is 0 Å². The number of hydrogen-bond donors (Lipinski definition) is 1. The van der Waals surface area contributed by atoms with Crippen LogP contribution in [0.5, 0.6) is 0 Å². The third kappa shape index (κ3) is 4.21. The molecule has 0 spiro atoms. The zero-order chi connectivity index (χ0) is 20.1. The van der Waals surface area contributed by atoms with Gasteiger partial charge in [-0.15, -0.1) is 0 Å². The van der Waals surface area contributed by atoms with Gasteiger partial charge in [0, 0.05) is 5.69 Å². The largest absolute Gasteiger partial charge is 0.376 e. The van der Waals surface area contributed by atoms with Crippen molar-refractivity contribution in [2.24, 2.45) is 11.8 Å². The quantitative estimate of drug-likeness (QED) is 0.468. The Bertz CT molecular complexity index is 722. The molecule has 0 saturated heterocycles. The minimum Gasteiger partial charge on any atom is -0.376 e. The molecule has 1 heteroatoms. The Morgan fingerprint density at radius 1 is 1.00 bits per heavy atom. The van der Waals surface area contributed by atoms with Crippen molar-refractivity contribution in [2.75, 3.05) is 5.32 Å². The summed E-state index contributed by atoms with van der Waals surface area (Å²) in [4.78, 5) is 0. The highest BCUT2D eigenvalue weighted by atomic mass is 15.0. The van der Waals surface area contributed by atoms with Crippen molar-refractivity contribution < 1.29 is 0 Å².